The molecule has 152 valence electrons. The van der Waals surface area contributed by atoms with Crippen molar-refractivity contribution < 1.29 is 9.53 Å². The molecule has 0 radical (unpaired) electrons. The van der Waals surface area contributed by atoms with E-state index in [-0.39, 0.29) is 36.4 Å². The summed E-state index contributed by atoms with van der Waals surface area (Å²) in [6, 6.07) is 0.831. The minimum absolute atomic E-state index is 0. The first kappa shape index (κ1) is 23.5. The summed E-state index contributed by atoms with van der Waals surface area (Å²) in [4.78, 5) is 18.0. The summed E-state index contributed by atoms with van der Waals surface area (Å²) >= 11 is 0. The molecule has 0 unspecified atom stereocenters. The van der Waals surface area contributed by atoms with Crippen molar-refractivity contribution in [3.63, 3.8) is 0 Å². The molecule has 2 aliphatic rings. The number of aliphatic imine (C=N–C) groups is 1. The maximum Gasteiger partial charge on any atom is 0.243 e. The Balaban J connectivity index is 0.00000338. The predicted molar refractivity (Wildman–Crippen MR) is 117 cm³/mol. The Morgan fingerprint density at radius 3 is 2.08 bits per heavy atom. The van der Waals surface area contributed by atoms with Crippen LogP contribution in [0.25, 0.3) is 0 Å². The first-order valence-corrected chi connectivity index (χ1v) is 9.81. The van der Waals surface area contributed by atoms with Gasteiger partial charge in [-0.1, -0.05) is 13.8 Å². The third kappa shape index (κ3) is 7.98. The molecule has 6 nitrogen and oxygen atoms in total. The number of likely N-dealkylation sites (N-methyl/N-ethyl adjacent to an activating group) is 1. The van der Waals surface area contributed by atoms with Crippen molar-refractivity contribution in [2.75, 3.05) is 33.9 Å². The fraction of sp³-hybridized carbons (Fsp3) is 0.895. The van der Waals surface area contributed by atoms with Crippen LogP contribution in [0.1, 0.15) is 52.4 Å². The molecule has 1 aliphatic carbocycles. The van der Waals surface area contributed by atoms with Crippen molar-refractivity contribution in [2.24, 2.45) is 16.8 Å². The summed E-state index contributed by atoms with van der Waals surface area (Å²) in [7, 11) is 3.54. The topological polar surface area (TPSA) is 66.0 Å². The fourth-order valence-electron chi connectivity index (χ4n) is 3.58. The number of halogens is 1. The van der Waals surface area contributed by atoms with Gasteiger partial charge < -0.3 is 20.3 Å². The van der Waals surface area contributed by atoms with Crippen LogP contribution in [0.5, 0.6) is 0 Å². The lowest BCUT2D eigenvalue weighted by Crippen LogP contribution is -2.50. The lowest BCUT2D eigenvalue weighted by atomic mass is 9.80. The van der Waals surface area contributed by atoms with Crippen LogP contribution < -0.4 is 10.6 Å². The van der Waals surface area contributed by atoms with Crippen LogP contribution in [-0.4, -0.2) is 62.7 Å². The Bertz CT molecular complexity index is 443. The first-order chi connectivity index (χ1) is 12.0. The fourth-order valence-corrected chi connectivity index (χ4v) is 3.58. The third-order valence-electron chi connectivity index (χ3n) is 5.49. The lowest BCUT2D eigenvalue weighted by Gasteiger charge is -2.33. The summed E-state index contributed by atoms with van der Waals surface area (Å²) in [6.07, 6.45) is 6.88. The largest absolute Gasteiger partial charge is 0.381 e. The molecule has 0 aromatic carbocycles. The number of guanidine groups is 1. The molecule has 2 rings (SSSR count). The Hall–Kier alpha value is -0.570. The molecule has 0 atom stereocenters. The van der Waals surface area contributed by atoms with Gasteiger partial charge in [-0.2, -0.15) is 0 Å². The number of rotatable bonds is 5. The molecule has 7 heteroatoms. The number of nitrogens with one attached hydrogen (secondary N) is 2. The van der Waals surface area contributed by atoms with Crippen molar-refractivity contribution in [3.8, 4) is 0 Å². The molecule has 0 aromatic heterocycles. The van der Waals surface area contributed by atoms with E-state index in [0.717, 1.165) is 43.9 Å². The van der Waals surface area contributed by atoms with Crippen LogP contribution >= 0.6 is 24.0 Å². The highest BCUT2D eigenvalue weighted by atomic mass is 127. The Morgan fingerprint density at radius 2 is 1.58 bits per heavy atom. The number of amides is 1. The predicted octanol–water partition coefficient (Wildman–Crippen LogP) is 2.62. The number of nitrogens with zero attached hydrogens (tertiary/aromatic N) is 2. The van der Waals surface area contributed by atoms with E-state index in [4.69, 9.17) is 4.74 Å². The quantitative estimate of drug-likeness (QED) is 0.361. The van der Waals surface area contributed by atoms with Gasteiger partial charge in [0.15, 0.2) is 5.96 Å². The van der Waals surface area contributed by atoms with E-state index >= 15 is 0 Å². The normalized spacial score (nSPS) is 24.7. The third-order valence-corrected chi connectivity index (χ3v) is 5.49. The maximum absolute atomic E-state index is 11.9. The van der Waals surface area contributed by atoms with Gasteiger partial charge in [0.05, 0.1) is 0 Å². The molecule has 1 heterocycles. The molecular weight excluding hydrogens is 443 g/mol. The van der Waals surface area contributed by atoms with E-state index in [1.165, 1.54) is 25.7 Å². The zero-order chi connectivity index (χ0) is 18.2. The van der Waals surface area contributed by atoms with E-state index in [1.54, 1.807) is 19.0 Å². The molecule has 1 amide bonds. The van der Waals surface area contributed by atoms with Crippen LogP contribution in [0.3, 0.4) is 0 Å². The van der Waals surface area contributed by atoms with Gasteiger partial charge in [-0.25, -0.2) is 4.99 Å². The standard InChI is InChI=1S/C19H36N4O2.HI/c1-14(2)15-5-7-16(8-6-15)21-19(20-13-18(24)23(3)4)22-17-9-11-25-12-10-17;/h14-17H,5-13H2,1-4H3,(H2,20,21,22);1H. The van der Waals surface area contributed by atoms with E-state index in [9.17, 15) is 4.79 Å². The molecule has 0 bridgehead atoms. The van der Waals surface area contributed by atoms with E-state index in [0.29, 0.717) is 12.1 Å². The van der Waals surface area contributed by atoms with Gasteiger partial charge >= 0.3 is 0 Å². The summed E-state index contributed by atoms with van der Waals surface area (Å²) < 4.78 is 5.43. The maximum atomic E-state index is 11.9. The number of carbonyl (C=O) groups is 1. The highest BCUT2D eigenvalue weighted by Crippen LogP contribution is 2.29. The molecule has 1 aliphatic heterocycles. The molecule has 0 spiro atoms. The minimum Gasteiger partial charge on any atom is -0.381 e. The van der Waals surface area contributed by atoms with Crippen LogP contribution in [0.15, 0.2) is 4.99 Å². The summed E-state index contributed by atoms with van der Waals surface area (Å²) in [6.45, 7) is 6.42. The van der Waals surface area contributed by atoms with Gasteiger partial charge in [-0.3, -0.25) is 4.79 Å². The van der Waals surface area contributed by atoms with E-state index in [2.05, 4.69) is 29.5 Å². The van der Waals surface area contributed by atoms with Crippen molar-refractivity contribution in [2.45, 2.75) is 64.5 Å². The SMILES string of the molecule is CC(C)C1CCC(NC(=NCC(=O)N(C)C)NC2CCOCC2)CC1.I. The van der Waals surface area contributed by atoms with Crippen LogP contribution in [0.4, 0.5) is 0 Å². The van der Waals surface area contributed by atoms with Gasteiger partial charge in [-0.05, 0) is 50.4 Å². The van der Waals surface area contributed by atoms with Crippen LogP contribution in [0, 0.1) is 11.8 Å². The van der Waals surface area contributed by atoms with Gasteiger partial charge in [0.2, 0.25) is 5.91 Å². The molecule has 2 fully saturated rings. The van der Waals surface area contributed by atoms with Gasteiger partial charge in [0.1, 0.15) is 6.54 Å². The zero-order valence-electron chi connectivity index (χ0n) is 16.8. The molecular formula is C19H37IN4O2. The number of hydrogen-bond donors (Lipinski definition) is 2. The average Bonchev–Trinajstić information content (AvgIpc) is 2.60. The van der Waals surface area contributed by atoms with Crippen molar-refractivity contribution in [1.82, 2.24) is 15.5 Å². The molecule has 0 aromatic rings. The van der Waals surface area contributed by atoms with Crippen molar-refractivity contribution >= 4 is 35.8 Å². The molecule has 26 heavy (non-hydrogen) atoms. The van der Waals surface area contributed by atoms with Gasteiger partial charge in [-0.15, -0.1) is 24.0 Å². The summed E-state index contributed by atoms with van der Waals surface area (Å²) in [5.74, 6) is 2.43. The Morgan fingerprint density at radius 1 is 1.04 bits per heavy atom. The second-order valence-electron chi connectivity index (χ2n) is 7.98. The van der Waals surface area contributed by atoms with Crippen LogP contribution in [0.2, 0.25) is 0 Å². The van der Waals surface area contributed by atoms with E-state index < -0.39 is 0 Å². The highest BCUT2D eigenvalue weighted by molar-refractivity contribution is 14.0. The second-order valence-corrected chi connectivity index (χ2v) is 7.98. The Labute approximate surface area is 175 Å². The molecule has 2 N–H and O–H groups in total. The first-order valence-electron chi connectivity index (χ1n) is 9.81. The van der Waals surface area contributed by atoms with Gasteiger partial charge in [0.25, 0.3) is 0 Å². The van der Waals surface area contributed by atoms with Crippen molar-refractivity contribution in [3.05, 3.63) is 0 Å². The monoisotopic (exact) mass is 480 g/mol. The number of ether oxygens (including phenoxy) is 1. The molecule has 1 saturated carbocycles. The Kier molecular flexibility index (Phi) is 10.8. The lowest BCUT2D eigenvalue weighted by molar-refractivity contribution is -0.127. The van der Waals surface area contributed by atoms with Crippen molar-refractivity contribution in [1.29, 1.82) is 0 Å². The average molecular weight is 480 g/mol. The number of hydrogen-bond acceptors (Lipinski definition) is 3. The smallest absolute Gasteiger partial charge is 0.243 e. The van der Waals surface area contributed by atoms with Crippen LogP contribution in [-0.2, 0) is 9.53 Å². The zero-order valence-corrected chi connectivity index (χ0v) is 19.1. The molecule has 1 saturated heterocycles. The second kappa shape index (κ2) is 12.0. The summed E-state index contributed by atoms with van der Waals surface area (Å²) in [5.41, 5.74) is 0. The minimum atomic E-state index is 0. The highest BCUT2D eigenvalue weighted by Gasteiger charge is 2.24. The van der Waals surface area contributed by atoms with Gasteiger partial charge in [0, 0.05) is 39.4 Å². The van der Waals surface area contributed by atoms with E-state index in [1.807, 2.05) is 0 Å². The summed E-state index contributed by atoms with van der Waals surface area (Å²) in [5, 5.41) is 7.10. The number of carbonyl (C=O) groups excluding carboxylic acids is 1.